The smallest absolute Gasteiger partial charge is 0.305 e. The zero-order valence-corrected chi connectivity index (χ0v) is 12.2. The van der Waals surface area contributed by atoms with Crippen LogP contribution < -0.4 is 5.32 Å². The number of carbonyl (C=O) groups is 2. The molecule has 0 aromatic heterocycles. The third-order valence-electron chi connectivity index (χ3n) is 3.06. The van der Waals surface area contributed by atoms with Gasteiger partial charge in [0.25, 0.3) is 0 Å². The lowest BCUT2D eigenvalue weighted by atomic mass is 10.0. The van der Waals surface area contributed by atoms with Gasteiger partial charge in [0.05, 0.1) is 6.61 Å². The Kier molecular flexibility index (Phi) is 7.40. The van der Waals surface area contributed by atoms with Crippen molar-refractivity contribution in [3.8, 4) is 0 Å². The molecule has 0 aliphatic rings. The first-order valence-electron chi connectivity index (χ1n) is 7.10. The molecule has 0 aliphatic heterocycles. The van der Waals surface area contributed by atoms with Gasteiger partial charge in [-0.2, -0.15) is 0 Å². The van der Waals surface area contributed by atoms with Crippen LogP contribution in [0.2, 0.25) is 0 Å². The van der Waals surface area contributed by atoms with Crippen molar-refractivity contribution in [2.75, 3.05) is 13.2 Å². The molecule has 1 unspecified atom stereocenters. The van der Waals surface area contributed by atoms with E-state index in [0.29, 0.717) is 32.4 Å². The fourth-order valence-corrected chi connectivity index (χ4v) is 1.88. The highest BCUT2D eigenvalue weighted by molar-refractivity contribution is 5.77. The second-order valence-electron chi connectivity index (χ2n) is 4.77. The largest absolute Gasteiger partial charge is 0.466 e. The molecule has 1 aromatic rings. The average molecular weight is 277 g/mol. The Bertz CT molecular complexity index is 417. The molecular weight excluding hydrogens is 254 g/mol. The number of hydrogen-bond acceptors (Lipinski definition) is 3. The zero-order chi connectivity index (χ0) is 14.8. The predicted molar refractivity (Wildman–Crippen MR) is 78.4 cm³/mol. The van der Waals surface area contributed by atoms with Crippen LogP contribution in [-0.4, -0.2) is 25.0 Å². The van der Waals surface area contributed by atoms with E-state index in [1.165, 1.54) is 5.56 Å². The first-order chi connectivity index (χ1) is 9.63. The van der Waals surface area contributed by atoms with Crippen molar-refractivity contribution in [1.29, 1.82) is 0 Å². The summed E-state index contributed by atoms with van der Waals surface area (Å²) in [6, 6.07) is 10.1. The highest BCUT2D eigenvalue weighted by Crippen LogP contribution is 2.13. The number of benzene rings is 1. The minimum Gasteiger partial charge on any atom is -0.466 e. The normalized spacial score (nSPS) is 11.7. The molecule has 110 valence electrons. The Balaban J connectivity index is 2.18. The van der Waals surface area contributed by atoms with E-state index in [1.54, 1.807) is 6.92 Å². The van der Waals surface area contributed by atoms with E-state index in [0.717, 1.165) is 0 Å². The van der Waals surface area contributed by atoms with Gasteiger partial charge in [0.1, 0.15) is 0 Å². The Morgan fingerprint density at radius 3 is 2.55 bits per heavy atom. The van der Waals surface area contributed by atoms with E-state index in [4.69, 9.17) is 4.74 Å². The Morgan fingerprint density at radius 1 is 1.20 bits per heavy atom. The van der Waals surface area contributed by atoms with Crippen LogP contribution >= 0.6 is 0 Å². The van der Waals surface area contributed by atoms with Gasteiger partial charge in [0.2, 0.25) is 5.91 Å². The van der Waals surface area contributed by atoms with Crippen LogP contribution in [0.4, 0.5) is 0 Å². The van der Waals surface area contributed by atoms with E-state index >= 15 is 0 Å². The van der Waals surface area contributed by atoms with Crippen LogP contribution in [0.5, 0.6) is 0 Å². The molecule has 1 aromatic carbocycles. The number of ether oxygens (including phenoxy) is 1. The van der Waals surface area contributed by atoms with Gasteiger partial charge in [-0.15, -0.1) is 0 Å². The second-order valence-corrected chi connectivity index (χ2v) is 4.77. The molecule has 0 radical (unpaired) electrons. The van der Waals surface area contributed by atoms with Crippen molar-refractivity contribution in [2.45, 2.75) is 39.0 Å². The molecule has 0 aliphatic carbocycles. The molecule has 1 rings (SSSR count). The van der Waals surface area contributed by atoms with Gasteiger partial charge in [-0.25, -0.2) is 0 Å². The van der Waals surface area contributed by atoms with Crippen LogP contribution in [0, 0.1) is 0 Å². The predicted octanol–water partition coefficient (Wildman–Crippen LogP) is 2.64. The lowest BCUT2D eigenvalue weighted by Gasteiger charge is -2.13. The third kappa shape index (κ3) is 6.36. The first-order valence-corrected chi connectivity index (χ1v) is 7.10. The van der Waals surface area contributed by atoms with Crippen LogP contribution in [-0.2, 0) is 14.3 Å². The van der Waals surface area contributed by atoms with E-state index < -0.39 is 0 Å². The van der Waals surface area contributed by atoms with Crippen molar-refractivity contribution in [2.24, 2.45) is 0 Å². The summed E-state index contributed by atoms with van der Waals surface area (Å²) in [5.41, 5.74) is 1.21. The molecule has 4 nitrogen and oxygen atoms in total. The number of hydrogen-bond donors (Lipinski definition) is 1. The lowest BCUT2D eigenvalue weighted by Crippen LogP contribution is -2.27. The molecule has 1 N–H and O–H groups in total. The van der Waals surface area contributed by atoms with Crippen LogP contribution in [0.1, 0.15) is 44.6 Å². The molecule has 0 saturated heterocycles. The molecule has 0 fully saturated rings. The maximum atomic E-state index is 11.7. The standard InChI is InChI=1S/C16H23NO3/c1-3-20-16(19)11-7-10-15(18)17-12-13(2)14-8-5-4-6-9-14/h4-6,8-9,13H,3,7,10-12H2,1-2H3,(H,17,18). The lowest BCUT2D eigenvalue weighted by molar-refractivity contribution is -0.143. The number of amides is 1. The van der Waals surface area contributed by atoms with Crippen molar-refractivity contribution in [3.63, 3.8) is 0 Å². The Labute approximate surface area is 120 Å². The maximum absolute atomic E-state index is 11.7. The molecule has 1 amide bonds. The number of rotatable bonds is 8. The van der Waals surface area contributed by atoms with Crippen molar-refractivity contribution >= 4 is 11.9 Å². The van der Waals surface area contributed by atoms with E-state index in [2.05, 4.69) is 24.4 Å². The topological polar surface area (TPSA) is 55.4 Å². The summed E-state index contributed by atoms with van der Waals surface area (Å²) in [5, 5.41) is 2.90. The first kappa shape index (κ1) is 16.2. The van der Waals surface area contributed by atoms with E-state index in [-0.39, 0.29) is 17.8 Å². The minimum absolute atomic E-state index is 0.0166. The molecular formula is C16H23NO3. The molecule has 0 heterocycles. The quantitative estimate of drug-likeness (QED) is 0.743. The summed E-state index contributed by atoms with van der Waals surface area (Å²) in [7, 11) is 0. The average Bonchev–Trinajstić information content (AvgIpc) is 2.46. The summed E-state index contributed by atoms with van der Waals surface area (Å²) in [5.74, 6) is 0.0280. The molecule has 0 spiro atoms. The molecule has 20 heavy (non-hydrogen) atoms. The van der Waals surface area contributed by atoms with Crippen molar-refractivity contribution < 1.29 is 14.3 Å². The number of esters is 1. The number of nitrogens with one attached hydrogen (secondary N) is 1. The highest BCUT2D eigenvalue weighted by atomic mass is 16.5. The summed E-state index contributed by atoms with van der Waals surface area (Å²) in [6.45, 7) is 4.85. The summed E-state index contributed by atoms with van der Waals surface area (Å²) >= 11 is 0. The molecule has 4 heteroatoms. The van der Waals surface area contributed by atoms with Crippen LogP contribution in [0.3, 0.4) is 0 Å². The summed E-state index contributed by atoms with van der Waals surface area (Å²) in [4.78, 5) is 22.8. The zero-order valence-electron chi connectivity index (χ0n) is 12.2. The van der Waals surface area contributed by atoms with Crippen molar-refractivity contribution in [1.82, 2.24) is 5.32 Å². The Morgan fingerprint density at radius 2 is 1.90 bits per heavy atom. The highest BCUT2D eigenvalue weighted by Gasteiger charge is 2.08. The van der Waals surface area contributed by atoms with Gasteiger partial charge in [0, 0.05) is 19.4 Å². The fourth-order valence-electron chi connectivity index (χ4n) is 1.88. The third-order valence-corrected chi connectivity index (χ3v) is 3.06. The summed E-state index contributed by atoms with van der Waals surface area (Å²) < 4.78 is 4.81. The van der Waals surface area contributed by atoms with E-state index in [1.807, 2.05) is 18.2 Å². The van der Waals surface area contributed by atoms with Gasteiger partial charge >= 0.3 is 5.97 Å². The van der Waals surface area contributed by atoms with Crippen molar-refractivity contribution in [3.05, 3.63) is 35.9 Å². The molecule has 1 atom stereocenters. The summed E-state index contributed by atoms with van der Waals surface area (Å²) in [6.07, 6.45) is 1.19. The SMILES string of the molecule is CCOC(=O)CCCC(=O)NCC(C)c1ccccc1. The van der Waals surface area contributed by atoms with E-state index in [9.17, 15) is 9.59 Å². The van der Waals surface area contributed by atoms with Gasteiger partial charge in [-0.05, 0) is 24.8 Å². The number of carbonyl (C=O) groups excluding carboxylic acids is 2. The maximum Gasteiger partial charge on any atom is 0.305 e. The van der Waals surface area contributed by atoms with Crippen LogP contribution in [0.25, 0.3) is 0 Å². The molecule has 0 bridgehead atoms. The Hall–Kier alpha value is -1.84. The monoisotopic (exact) mass is 277 g/mol. The van der Waals surface area contributed by atoms with Gasteiger partial charge < -0.3 is 10.1 Å². The van der Waals surface area contributed by atoms with Gasteiger partial charge in [-0.3, -0.25) is 9.59 Å². The van der Waals surface area contributed by atoms with Gasteiger partial charge in [-0.1, -0.05) is 37.3 Å². The second kappa shape index (κ2) is 9.13. The van der Waals surface area contributed by atoms with Crippen LogP contribution in [0.15, 0.2) is 30.3 Å². The molecule has 0 saturated carbocycles. The van der Waals surface area contributed by atoms with Gasteiger partial charge in [0.15, 0.2) is 0 Å². The minimum atomic E-state index is -0.238. The fraction of sp³-hybridized carbons (Fsp3) is 0.500.